The summed E-state index contributed by atoms with van der Waals surface area (Å²) >= 11 is 4.94. The van der Waals surface area contributed by atoms with Gasteiger partial charge >= 0.3 is 0 Å². The fourth-order valence-corrected chi connectivity index (χ4v) is 1.83. The molecule has 1 aliphatic heterocycles. The molecule has 0 aromatic rings. The molecule has 1 rings (SSSR count). The molecule has 1 fully saturated rings. The highest BCUT2D eigenvalue weighted by Crippen LogP contribution is 2.13. The van der Waals surface area contributed by atoms with Gasteiger partial charge in [-0.25, -0.2) is 4.39 Å². The van der Waals surface area contributed by atoms with E-state index in [1.807, 2.05) is 13.8 Å². The Bertz CT molecular complexity index is 245. The number of amides is 1. The van der Waals surface area contributed by atoms with Gasteiger partial charge in [0.15, 0.2) is 5.11 Å². The van der Waals surface area contributed by atoms with Crippen LogP contribution in [0.2, 0.25) is 0 Å². The Hall–Kier alpha value is -0.710. The van der Waals surface area contributed by atoms with Crippen LogP contribution in [0.1, 0.15) is 20.3 Å². The molecule has 0 unspecified atom stereocenters. The lowest BCUT2D eigenvalue weighted by atomic mass is 10.0. The van der Waals surface area contributed by atoms with Crippen molar-refractivity contribution in [2.45, 2.75) is 26.3 Å². The number of rotatable bonds is 4. The van der Waals surface area contributed by atoms with Crippen molar-refractivity contribution in [3.63, 3.8) is 0 Å². The normalized spacial score (nSPS) is 22.0. The maximum absolute atomic E-state index is 12.1. The van der Waals surface area contributed by atoms with Gasteiger partial charge in [0.25, 0.3) is 5.91 Å². The maximum Gasteiger partial charge on any atom is 0.251 e. The fraction of sp³-hybridized carbons (Fsp3) is 0.778. The number of hydrogen-bond acceptors (Lipinski definition) is 2. The zero-order valence-electron chi connectivity index (χ0n) is 8.42. The highest BCUT2D eigenvalue weighted by molar-refractivity contribution is 7.80. The van der Waals surface area contributed by atoms with E-state index < -0.39 is 6.67 Å². The van der Waals surface area contributed by atoms with Crippen LogP contribution < -0.4 is 5.32 Å². The number of nitrogens with zero attached hydrogens (tertiary/aromatic N) is 1. The van der Waals surface area contributed by atoms with Crippen molar-refractivity contribution >= 4 is 23.2 Å². The van der Waals surface area contributed by atoms with E-state index >= 15 is 0 Å². The third-order valence-electron chi connectivity index (χ3n) is 2.12. The Kier molecular flexibility index (Phi) is 3.80. The van der Waals surface area contributed by atoms with Crippen LogP contribution in [0, 0.1) is 5.92 Å². The molecule has 1 atom stereocenters. The highest BCUT2D eigenvalue weighted by Gasteiger charge is 2.34. The molecule has 3 nitrogen and oxygen atoms in total. The molecule has 14 heavy (non-hydrogen) atoms. The first-order valence-electron chi connectivity index (χ1n) is 4.74. The minimum atomic E-state index is -0.554. The van der Waals surface area contributed by atoms with Crippen molar-refractivity contribution in [1.29, 1.82) is 0 Å². The van der Waals surface area contributed by atoms with E-state index in [1.165, 1.54) is 4.90 Å². The standard InChI is InChI=1S/C9H15FN2OS/c1-6(2)5-7-8(13)12(4-3-10)9(14)11-7/h6-7H,3-5H2,1-2H3,(H,11,14)/t7-/m1/s1. The van der Waals surface area contributed by atoms with Crippen molar-refractivity contribution in [2.24, 2.45) is 5.92 Å². The summed E-state index contributed by atoms with van der Waals surface area (Å²) in [4.78, 5) is 13.0. The molecule has 0 spiro atoms. The van der Waals surface area contributed by atoms with Gasteiger partial charge in [-0.05, 0) is 24.6 Å². The summed E-state index contributed by atoms with van der Waals surface area (Å²) in [7, 11) is 0. The zero-order chi connectivity index (χ0) is 10.7. The minimum absolute atomic E-state index is 0.0687. The molecule has 0 bridgehead atoms. The van der Waals surface area contributed by atoms with Gasteiger partial charge < -0.3 is 5.32 Å². The summed E-state index contributed by atoms with van der Waals surface area (Å²) in [5.74, 6) is 0.325. The van der Waals surface area contributed by atoms with Crippen molar-refractivity contribution in [3.8, 4) is 0 Å². The zero-order valence-corrected chi connectivity index (χ0v) is 9.23. The Balaban J connectivity index is 2.59. The molecular weight excluding hydrogens is 203 g/mol. The van der Waals surface area contributed by atoms with E-state index in [2.05, 4.69) is 5.32 Å². The Morgan fingerprint density at radius 1 is 1.64 bits per heavy atom. The molecule has 80 valence electrons. The molecule has 1 amide bonds. The number of alkyl halides is 1. The van der Waals surface area contributed by atoms with Gasteiger partial charge in [0.2, 0.25) is 0 Å². The third kappa shape index (κ3) is 2.41. The summed E-state index contributed by atoms with van der Waals surface area (Å²) < 4.78 is 12.1. The molecule has 1 saturated heterocycles. The van der Waals surface area contributed by atoms with Crippen LogP contribution in [0.3, 0.4) is 0 Å². The predicted molar refractivity (Wildman–Crippen MR) is 56.7 cm³/mol. The smallest absolute Gasteiger partial charge is 0.251 e. The quantitative estimate of drug-likeness (QED) is 0.717. The average Bonchev–Trinajstić information content (AvgIpc) is 2.32. The molecule has 0 aliphatic carbocycles. The fourth-order valence-electron chi connectivity index (χ4n) is 1.50. The van der Waals surface area contributed by atoms with Crippen molar-refractivity contribution in [2.75, 3.05) is 13.2 Å². The molecule has 5 heteroatoms. The van der Waals surface area contributed by atoms with Gasteiger partial charge in [-0.2, -0.15) is 0 Å². The van der Waals surface area contributed by atoms with E-state index in [1.54, 1.807) is 0 Å². The van der Waals surface area contributed by atoms with Crippen LogP contribution in [-0.4, -0.2) is 35.2 Å². The summed E-state index contributed by atoms with van der Waals surface area (Å²) in [5, 5.41) is 3.27. The summed E-state index contributed by atoms with van der Waals surface area (Å²) in [6.07, 6.45) is 0.738. The molecule has 1 N–H and O–H groups in total. The van der Waals surface area contributed by atoms with Gasteiger partial charge in [0.05, 0.1) is 6.54 Å². The number of carbonyl (C=O) groups is 1. The first kappa shape index (κ1) is 11.4. The van der Waals surface area contributed by atoms with Crippen LogP contribution in [0.15, 0.2) is 0 Å². The Morgan fingerprint density at radius 3 is 2.79 bits per heavy atom. The Morgan fingerprint density at radius 2 is 2.29 bits per heavy atom. The van der Waals surface area contributed by atoms with Crippen LogP contribution >= 0.6 is 12.2 Å². The minimum Gasteiger partial charge on any atom is -0.350 e. The number of carbonyl (C=O) groups excluding carboxylic acids is 1. The number of halogens is 1. The van der Waals surface area contributed by atoms with Gasteiger partial charge in [-0.3, -0.25) is 9.69 Å². The highest BCUT2D eigenvalue weighted by atomic mass is 32.1. The summed E-state index contributed by atoms with van der Waals surface area (Å²) in [6.45, 7) is 3.59. The predicted octanol–water partition coefficient (Wildman–Crippen LogP) is 1.09. The molecule has 0 radical (unpaired) electrons. The van der Waals surface area contributed by atoms with E-state index in [9.17, 15) is 9.18 Å². The van der Waals surface area contributed by atoms with Crippen LogP contribution in [0.5, 0.6) is 0 Å². The molecule has 0 aromatic heterocycles. The number of thiocarbonyl (C=S) groups is 1. The molecule has 0 saturated carbocycles. The van der Waals surface area contributed by atoms with Crippen molar-refractivity contribution in [1.82, 2.24) is 10.2 Å². The first-order valence-corrected chi connectivity index (χ1v) is 5.15. The largest absolute Gasteiger partial charge is 0.350 e. The van der Waals surface area contributed by atoms with E-state index in [-0.39, 0.29) is 18.5 Å². The second-order valence-corrected chi connectivity index (χ2v) is 4.20. The lowest BCUT2D eigenvalue weighted by molar-refractivity contribution is -0.127. The van der Waals surface area contributed by atoms with Crippen molar-refractivity contribution in [3.05, 3.63) is 0 Å². The van der Waals surface area contributed by atoms with Gasteiger partial charge in [-0.15, -0.1) is 0 Å². The monoisotopic (exact) mass is 218 g/mol. The molecular formula is C9H15FN2OS. The molecule has 1 aliphatic rings. The molecule has 0 aromatic carbocycles. The third-order valence-corrected chi connectivity index (χ3v) is 2.46. The SMILES string of the molecule is CC(C)C[C@H]1NC(=S)N(CCF)C1=O. The van der Waals surface area contributed by atoms with Gasteiger partial charge in [0.1, 0.15) is 12.7 Å². The summed E-state index contributed by atoms with van der Waals surface area (Å²) in [5.41, 5.74) is 0. The topological polar surface area (TPSA) is 32.3 Å². The van der Waals surface area contributed by atoms with Crippen molar-refractivity contribution < 1.29 is 9.18 Å². The second kappa shape index (κ2) is 4.68. The number of hydrogen-bond donors (Lipinski definition) is 1. The average molecular weight is 218 g/mol. The molecule has 1 heterocycles. The maximum atomic E-state index is 12.1. The first-order chi connectivity index (χ1) is 6.56. The second-order valence-electron chi connectivity index (χ2n) is 3.81. The van der Waals surface area contributed by atoms with E-state index in [4.69, 9.17) is 12.2 Å². The van der Waals surface area contributed by atoms with Crippen LogP contribution in [0.4, 0.5) is 4.39 Å². The summed E-state index contributed by atoms with van der Waals surface area (Å²) in [6, 6.07) is -0.256. The van der Waals surface area contributed by atoms with Gasteiger partial charge in [-0.1, -0.05) is 13.8 Å². The van der Waals surface area contributed by atoms with Gasteiger partial charge in [0, 0.05) is 0 Å². The van der Waals surface area contributed by atoms with E-state index in [0.717, 1.165) is 6.42 Å². The van der Waals surface area contributed by atoms with Crippen LogP contribution in [-0.2, 0) is 4.79 Å². The lowest BCUT2D eigenvalue weighted by Gasteiger charge is -2.12. The Labute approximate surface area is 88.6 Å². The van der Waals surface area contributed by atoms with Crippen LogP contribution in [0.25, 0.3) is 0 Å². The number of nitrogens with one attached hydrogen (secondary N) is 1. The lowest BCUT2D eigenvalue weighted by Crippen LogP contribution is -2.33. The van der Waals surface area contributed by atoms with E-state index in [0.29, 0.717) is 11.0 Å².